The summed E-state index contributed by atoms with van der Waals surface area (Å²) in [6.45, 7) is 7.62. The molecule has 2 aromatic carbocycles. The Kier molecular flexibility index (Phi) is 9.89. The van der Waals surface area contributed by atoms with Crippen molar-refractivity contribution in [2.45, 2.75) is 52.4 Å². The molecular formula is C28H34N3O8+. The summed E-state index contributed by atoms with van der Waals surface area (Å²) in [5.41, 5.74) is 0.715. The molecular weight excluding hydrogens is 506 g/mol. The molecule has 208 valence electrons. The zero-order valence-electron chi connectivity index (χ0n) is 22.4. The predicted molar refractivity (Wildman–Crippen MR) is 140 cm³/mol. The van der Waals surface area contributed by atoms with Crippen LogP contribution in [0.3, 0.4) is 0 Å². The van der Waals surface area contributed by atoms with E-state index in [1.807, 2.05) is 20.8 Å². The minimum Gasteiger partial charge on any atom is -0.462 e. The van der Waals surface area contributed by atoms with E-state index in [0.717, 1.165) is 0 Å². The lowest BCUT2D eigenvalue weighted by Gasteiger charge is -2.53. The van der Waals surface area contributed by atoms with Gasteiger partial charge in [-0.3, -0.25) is 24.6 Å². The van der Waals surface area contributed by atoms with Gasteiger partial charge in [-0.2, -0.15) is 0 Å². The first-order valence-electron chi connectivity index (χ1n) is 13.0. The highest BCUT2D eigenvalue weighted by Gasteiger charge is 2.55. The number of ether oxygens (including phenoxy) is 2. The van der Waals surface area contributed by atoms with Crippen LogP contribution in [0, 0.1) is 10.1 Å². The van der Waals surface area contributed by atoms with Crippen molar-refractivity contribution in [2.75, 3.05) is 26.2 Å². The lowest BCUT2D eigenvalue weighted by Crippen LogP contribution is -2.74. The summed E-state index contributed by atoms with van der Waals surface area (Å²) < 4.78 is 11.2. The third-order valence-electron chi connectivity index (χ3n) is 7.41. The fourth-order valence-electron chi connectivity index (χ4n) is 4.88. The quantitative estimate of drug-likeness (QED) is 0.0891. The lowest BCUT2D eigenvalue weighted by molar-refractivity contribution is -0.959. The second-order valence-corrected chi connectivity index (χ2v) is 9.31. The van der Waals surface area contributed by atoms with E-state index in [1.54, 1.807) is 30.3 Å². The summed E-state index contributed by atoms with van der Waals surface area (Å²) in [5.74, 6) is -2.42. The number of Topliss-reactive ketones (excluding diaryl/α,β-unsaturated/α-hetero) is 1. The predicted octanol–water partition coefficient (Wildman–Crippen LogP) is 3.26. The van der Waals surface area contributed by atoms with Gasteiger partial charge >= 0.3 is 11.9 Å². The highest BCUT2D eigenvalue weighted by atomic mass is 16.6. The molecule has 0 bridgehead atoms. The number of nitrogens with zero attached hydrogens (tertiary/aromatic N) is 3. The number of nitro benzene ring substituents is 1. The molecule has 1 heterocycles. The minimum atomic E-state index is -1.49. The van der Waals surface area contributed by atoms with E-state index in [4.69, 9.17) is 9.47 Å². The van der Waals surface area contributed by atoms with Gasteiger partial charge in [0, 0.05) is 18.6 Å². The molecule has 0 aromatic heterocycles. The Hall–Kier alpha value is -4.12. The molecule has 1 amide bonds. The van der Waals surface area contributed by atoms with Gasteiger partial charge in [0.2, 0.25) is 5.91 Å². The van der Waals surface area contributed by atoms with E-state index in [1.165, 1.54) is 29.2 Å². The molecule has 2 atom stereocenters. The number of non-ortho nitro benzene ring substituents is 1. The smallest absolute Gasteiger partial charge is 0.338 e. The monoisotopic (exact) mass is 540 g/mol. The number of benzene rings is 2. The topological polar surface area (TPSA) is 133 Å². The third kappa shape index (κ3) is 6.66. The van der Waals surface area contributed by atoms with Gasteiger partial charge in [0.15, 0.2) is 18.0 Å². The van der Waals surface area contributed by atoms with Gasteiger partial charge in [-0.15, -0.1) is 0 Å². The Morgan fingerprint density at radius 3 is 2.15 bits per heavy atom. The highest BCUT2D eigenvalue weighted by molar-refractivity contribution is 6.07. The number of carbonyl (C=O) groups is 4. The normalized spacial score (nSPS) is 15.7. The van der Waals surface area contributed by atoms with Crippen molar-refractivity contribution in [3.8, 4) is 0 Å². The minimum absolute atomic E-state index is 0.106. The number of esters is 2. The van der Waals surface area contributed by atoms with E-state index >= 15 is 0 Å². The molecule has 1 aliphatic rings. The molecule has 0 N–H and O–H groups in total. The number of amides is 1. The number of rotatable bonds is 14. The van der Waals surface area contributed by atoms with Gasteiger partial charge in [0.1, 0.15) is 6.61 Å². The van der Waals surface area contributed by atoms with Crippen LogP contribution < -0.4 is 0 Å². The number of likely N-dealkylation sites (tertiary alicyclic amines) is 1. The number of nitro groups is 1. The van der Waals surface area contributed by atoms with Crippen molar-refractivity contribution in [3.63, 3.8) is 0 Å². The maximum atomic E-state index is 13.4. The molecule has 1 fully saturated rings. The zero-order chi connectivity index (χ0) is 28.6. The van der Waals surface area contributed by atoms with Crippen LogP contribution in [0.25, 0.3) is 0 Å². The van der Waals surface area contributed by atoms with Gasteiger partial charge < -0.3 is 14.0 Å². The molecule has 2 aromatic rings. The van der Waals surface area contributed by atoms with Gasteiger partial charge in [0.05, 0.1) is 43.1 Å². The van der Waals surface area contributed by atoms with Crippen molar-refractivity contribution in [3.05, 3.63) is 75.8 Å². The first-order valence-corrected chi connectivity index (χ1v) is 13.0. The first kappa shape index (κ1) is 29.4. The van der Waals surface area contributed by atoms with Crippen LogP contribution in [0.15, 0.2) is 54.6 Å². The van der Waals surface area contributed by atoms with Crippen LogP contribution >= 0.6 is 0 Å². The van der Waals surface area contributed by atoms with Crippen LogP contribution in [0.5, 0.6) is 0 Å². The number of carbonyl (C=O) groups excluding carboxylic acids is 4. The summed E-state index contributed by atoms with van der Waals surface area (Å²) in [6.07, 6.45) is -0.445. The van der Waals surface area contributed by atoms with Crippen molar-refractivity contribution in [2.24, 2.45) is 0 Å². The van der Waals surface area contributed by atoms with Crippen molar-refractivity contribution in [1.29, 1.82) is 0 Å². The SMILES string of the molecule is CC[N+](CC)(CC)C1CC(=O)N1C(C(=O)CCOC(=O)c1ccccc1)C(=O)OCc1ccc([N+](=O)[O-])cc1. The molecule has 39 heavy (non-hydrogen) atoms. The van der Waals surface area contributed by atoms with Gasteiger partial charge in [-0.05, 0) is 50.6 Å². The summed E-state index contributed by atoms with van der Waals surface area (Å²) in [5, 5.41) is 10.9. The van der Waals surface area contributed by atoms with Gasteiger partial charge in [0.25, 0.3) is 5.69 Å². The van der Waals surface area contributed by atoms with Gasteiger partial charge in [-0.25, -0.2) is 9.59 Å². The number of quaternary nitrogens is 1. The fraction of sp³-hybridized carbons (Fsp3) is 0.429. The van der Waals surface area contributed by atoms with Crippen LogP contribution in [0.1, 0.15) is 49.5 Å². The van der Waals surface area contributed by atoms with Crippen molar-refractivity contribution < 1.29 is 38.1 Å². The molecule has 0 aliphatic carbocycles. The lowest BCUT2D eigenvalue weighted by atomic mass is 9.97. The van der Waals surface area contributed by atoms with Crippen LogP contribution in [-0.2, 0) is 30.5 Å². The molecule has 1 saturated heterocycles. The maximum absolute atomic E-state index is 13.4. The molecule has 1 aliphatic heterocycles. The summed E-state index contributed by atoms with van der Waals surface area (Å²) in [7, 11) is 0. The second-order valence-electron chi connectivity index (χ2n) is 9.31. The van der Waals surface area contributed by atoms with Crippen molar-refractivity contribution in [1.82, 2.24) is 4.90 Å². The number of hydrogen-bond donors (Lipinski definition) is 0. The molecule has 2 unspecified atom stereocenters. The largest absolute Gasteiger partial charge is 0.462 e. The third-order valence-corrected chi connectivity index (χ3v) is 7.41. The van der Waals surface area contributed by atoms with Crippen LogP contribution in [-0.4, -0.2) is 76.4 Å². The van der Waals surface area contributed by atoms with E-state index in [2.05, 4.69) is 0 Å². The standard InChI is InChI=1S/C28H34N3O8/c1-4-31(5-2,6-3)24-18-25(33)29(24)26(23(32)16-17-38-27(34)21-10-8-7-9-11-21)28(35)39-19-20-12-14-22(15-13-20)30(36)37/h7-15,24,26H,4-6,16-19H2,1-3H3/q+1. The van der Waals surface area contributed by atoms with Crippen molar-refractivity contribution >= 4 is 29.3 Å². The summed E-state index contributed by atoms with van der Waals surface area (Å²) in [4.78, 5) is 63.5. The maximum Gasteiger partial charge on any atom is 0.338 e. The van der Waals surface area contributed by atoms with Gasteiger partial charge in [-0.1, -0.05) is 18.2 Å². The Balaban J connectivity index is 1.77. The number of hydrogen-bond acceptors (Lipinski definition) is 8. The average molecular weight is 541 g/mol. The molecule has 0 spiro atoms. The Morgan fingerprint density at radius 2 is 1.62 bits per heavy atom. The zero-order valence-corrected chi connectivity index (χ0v) is 22.4. The fourth-order valence-corrected chi connectivity index (χ4v) is 4.88. The average Bonchev–Trinajstić information content (AvgIpc) is 2.95. The Labute approximate surface area is 227 Å². The molecule has 11 heteroatoms. The first-order chi connectivity index (χ1) is 18.7. The molecule has 0 saturated carbocycles. The highest BCUT2D eigenvalue weighted by Crippen LogP contribution is 2.32. The summed E-state index contributed by atoms with van der Waals surface area (Å²) in [6, 6.07) is 12.3. The van der Waals surface area contributed by atoms with E-state index in [-0.39, 0.29) is 43.8 Å². The van der Waals surface area contributed by atoms with E-state index in [9.17, 15) is 29.3 Å². The molecule has 11 nitrogen and oxygen atoms in total. The Morgan fingerprint density at radius 1 is 1.00 bits per heavy atom. The van der Waals surface area contributed by atoms with E-state index < -0.39 is 28.7 Å². The summed E-state index contributed by atoms with van der Waals surface area (Å²) >= 11 is 0. The van der Waals surface area contributed by atoms with E-state index in [0.29, 0.717) is 35.2 Å². The van der Waals surface area contributed by atoms with Crippen LogP contribution in [0.2, 0.25) is 0 Å². The second kappa shape index (κ2) is 13.1. The molecule has 3 rings (SSSR count). The Bertz CT molecular complexity index is 1190. The number of β-lactam (4-membered cyclic amide) rings is 1. The number of ketones is 1. The molecule has 0 radical (unpaired) electrons. The van der Waals surface area contributed by atoms with Crippen LogP contribution in [0.4, 0.5) is 5.69 Å².